The maximum atomic E-state index is 12.7. The minimum absolute atomic E-state index is 0.0240. The molecule has 1 N–H and O–H groups in total. The number of hydrogen-bond acceptors (Lipinski definition) is 5. The van der Waals surface area contributed by atoms with E-state index in [1.807, 2.05) is 22.6 Å². The Bertz CT molecular complexity index is 644. The molecule has 2 amide bonds. The van der Waals surface area contributed by atoms with Crippen LogP contribution in [0.5, 0.6) is 0 Å². The third kappa shape index (κ3) is 4.82. The zero-order valence-corrected chi connectivity index (χ0v) is 15.9. The normalized spacial score (nSPS) is 19.1. The number of fused-ring (bicyclic) bond motifs is 1. The third-order valence-electron chi connectivity index (χ3n) is 5.16. The molecule has 144 valence electrons. The number of rotatable bonds is 5. The molecule has 2 aliphatic heterocycles. The number of nitrogens with one attached hydrogen (secondary N) is 1. The minimum Gasteiger partial charge on any atom is -0.350 e. The van der Waals surface area contributed by atoms with Crippen molar-refractivity contribution in [3.05, 3.63) is 17.5 Å². The summed E-state index contributed by atoms with van der Waals surface area (Å²) in [6, 6.07) is 2.00. The van der Waals surface area contributed by atoms with Crippen molar-refractivity contribution in [2.45, 2.75) is 39.4 Å². The Labute approximate surface area is 155 Å². The first-order valence-corrected chi connectivity index (χ1v) is 9.56. The summed E-state index contributed by atoms with van der Waals surface area (Å²) in [5.41, 5.74) is 1.90. The van der Waals surface area contributed by atoms with E-state index in [-0.39, 0.29) is 11.8 Å². The second-order valence-corrected chi connectivity index (χ2v) is 7.23. The van der Waals surface area contributed by atoms with Crippen LogP contribution in [0.4, 0.5) is 0 Å². The predicted octanol–water partition coefficient (Wildman–Crippen LogP) is -0.111. The molecule has 0 bridgehead atoms. The average Bonchev–Trinajstić information content (AvgIpc) is 2.94. The highest BCUT2D eigenvalue weighted by molar-refractivity contribution is 5.78. The van der Waals surface area contributed by atoms with Crippen LogP contribution >= 0.6 is 0 Å². The summed E-state index contributed by atoms with van der Waals surface area (Å²) in [7, 11) is 2.14. The molecule has 8 heteroatoms. The number of aromatic nitrogens is 2. The summed E-state index contributed by atoms with van der Waals surface area (Å²) >= 11 is 0. The molecule has 3 rings (SSSR count). The number of carbonyl (C=O) groups excluding carboxylic acids is 2. The largest absolute Gasteiger partial charge is 0.350 e. The summed E-state index contributed by atoms with van der Waals surface area (Å²) in [4.78, 5) is 30.6. The van der Waals surface area contributed by atoms with Gasteiger partial charge in [0.2, 0.25) is 11.8 Å². The van der Waals surface area contributed by atoms with Gasteiger partial charge in [0.15, 0.2) is 0 Å². The topological polar surface area (TPSA) is 73.7 Å². The highest BCUT2D eigenvalue weighted by atomic mass is 16.2. The van der Waals surface area contributed by atoms with Gasteiger partial charge in [-0.05, 0) is 32.6 Å². The molecule has 26 heavy (non-hydrogen) atoms. The van der Waals surface area contributed by atoms with E-state index < -0.39 is 0 Å². The fraction of sp³-hybridized carbons (Fsp3) is 0.722. The van der Waals surface area contributed by atoms with E-state index in [1.54, 1.807) is 0 Å². The summed E-state index contributed by atoms with van der Waals surface area (Å²) < 4.78 is 1.96. The van der Waals surface area contributed by atoms with Gasteiger partial charge in [0.05, 0.1) is 37.6 Å². The standard InChI is InChI=1S/C18H30N6O2/c1-3-17(25)19-12-15-11-16-13-23(9-10-24(16)20-15)18(26)14-22-6-4-5-21(2)7-8-22/h11H,3-10,12-14H2,1-2H3,(H,19,25). The van der Waals surface area contributed by atoms with Crippen molar-refractivity contribution in [3.8, 4) is 0 Å². The zero-order chi connectivity index (χ0) is 18.5. The fourth-order valence-electron chi connectivity index (χ4n) is 3.49. The van der Waals surface area contributed by atoms with Gasteiger partial charge in [-0.25, -0.2) is 0 Å². The molecule has 0 aromatic carbocycles. The highest BCUT2D eigenvalue weighted by Crippen LogP contribution is 2.14. The molecule has 0 aliphatic carbocycles. The van der Waals surface area contributed by atoms with Gasteiger partial charge in [0.25, 0.3) is 0 Å². The van der Waals surface area contributed by atoms with E-state index in [1.165, 1.54) is 0 Å². The Kier molecular flexibility index (Phi) is 6.26. The van der Waals surface area contributed by atoms with Crippen molar-refractivity contribution in [2.75, 3.05) is 46.3 Å². The van der Waals surface area contributed by atoms with E-state index >= 15 is 0 Å². The fourth-order valence-corrected chi connectivity index (χ4v) is 3.49. The van der Waals surface area contributed by atoms with Gasteiger partial charge in [-0.15, -0.1) is 0 Å². The van der Waals surface area contributed by atoms with E-state index in [0.29, 0.717) is 39.1 Å². The first-order valence-electron chi connectivity index (χ1n) is 9.56. The first-order chi connectivity index (χ1) is 12.5. The summed E-state index contributed by atoms with van der Waals surface area (Å²) in [6.07, 6.45) is 1.59. The van der Waals surface area contributed by atoms with Gasteiger partial charge in [-0.1, -0.05) is 6.92 Å². The Morgan fingerprint density at radius 3 is 2.81 bits per heavy atom. The molecular weight excluding hydrogens is 332 g/mol. The first kappa shape index (κ1) is 18.8. The van der Waals surface area contributed by atoms with Crippen LogP contribution in [0.1, 0.15) is 31.2 Å². The number of nitrogens with zero attached hydrogens (tertiary/aromatic N) is 5. The van der Waals surface area contributed by atoms with Crippen molar-refractivity contribution >= 4 is 11.8 Å². The summed E-state index contributed by atoms with van der Waals surface area (Å²) in [6.45, 7) is 8.85. The van der Waals surface area contributed by atoms with E-state index in [4.69, 9.17) is 0 Å². The molecular formula is C18H30N6O2. The van der Waals surface area contributed by atoms with Gasteiger partial charge in [-0.3, -0.25) is 19.2 Å². The van der Waals surface area contributed by atoms with Crippen LogP contribution in [0.15, 0.2) is 6.07 Å². The number of hydrogen-bond donors (Lipinski definition) is 1. The van der Waals surface area contributed by atoms with E-state index in [2.05, 4.69) is 27.3 Å². The maximum Gasteiger partial charge on any atom is 0.237 e. The van der Waals surface area contributed by atoms with Crippen LogP contribution in [-0.2, 0) is 29.2 Å². The molecule has 2 aliphatic rings. The molecule has 0 atom stereocenters. The highest BCUT2D eigenvalue weighted by Gasteiger charge is 2.24. The maximum absolute atomic E-state index is 12.7. The van der Waals surface area contributed by atoms with Gasteiger partial charge in [-0.2, -0.15) is 5.10 Å². The van der Waals surface area contributed by atoms with E-state index in [0.717, 1.165) is 44.0 Å². The van der Waals surface area contributed by atoms with Crippen molar-refractivity contribution in [2.24, 2.45) is 0 Å². The lowest BCUT2D eigenvalue weighted by Gasteiger charge is -2.30. The van der Waals surface area contributed by atoms with Gasteiger partial charge in [0, 0.05) is 26.1 Å². The molecule has 1 fully saturated rings. The molecule has 1 aromatic rings. The zero-order valence-electron chi connectivity index (χ0n) is 15.9. The lowest BCUT2D eigenvalue weighted by Crippen LogP contribution is -2.44. The SMILES string of the molecule is CCC(=O)NCc1cc2n(n1)CCN(C(=O)CN1CCCN(C)CC1)C2. The van der Waals surface area contributed by atoms with Crippen LogP contribution in [0.2, 0.25) is 0 Å². The van der Waals surface area contributed by atoms with Crippen LogP contribution < -0.4 is 5.32 Å². The van der Waals surface area contributed by atoms with Gasteiger partial charge >= 0.3 is 0 Å². The Morgan fingerprint density at radius 2 is 2.00 bits per heavy atom. The molecule has 0 spiro atoms. The Morgan fingerprint density at radius 1 is 1.15 bits per heavy atom. The molecule has 1 aromatic heterocycles. The lowest BCUT2D eigenvalue weighted by atomic mass is 10.2. The second-order valence-electron chi connectivity index (χ2n) is 7.23. The van der Waals surface area contributed by atoms with Crippen LogP contribution in [0, 0.1) is 0 Å². The summed E-state index contributed by atoms with van der Waals surface area (Å²) in [5, 5.41) is 7.38. The second kappa shape index (κ2) is 8.64. The molecule has 0 radical (unpaired) electrons. The number of carbonyl (C=O) groups is 2. The predicted molar refractivity (Wildman–Crippen MR) is 98.3 cm³/mol. The Balaban J connectivity index is 1.53. The van der Waals surface area contributed by atoms with Crippen molar-refractivity contribution in [3.63, 3.8) is 0 Å². The van der Waals surface area contributed by atoms with Gasteiger partial charge in [0.1, 0.15) is 0 Å². The Hall–Kier alpha value is -1.93. The lowest BCUT2D eigenvalue weighted by molar-refractivity contribution is -0.134. The van der Waals surface area contributed by atoms with Crippen molar-refractivity contribution in [1.29, 1.82) is 0 Å². The van der Waals surface area contributed by atoms with Crippen molar-refractivity contribution < 1.29 is 9.59 Å². The third-order valence-corrected chi connectivity index (χ3v) is 5.16. The summed E-state index contributed by atoms with van der Waals surface area (Å²) in [5.74, 6) is 0.221. The molecule has 0 saturated carbocycles. The average molecular weight is 362 g/mol. The number of amides is 2. The van der Waals surface area contributed by atoms with Crippen LogP contribution in [0.3, 0.4) is 0 Å². The molecule has 0 unspecified atom stereocenters. The molecule has 8 nitrogen and oxygen atoms in total. The monoisotopic (exact) mass is 362 g/mol. The minimum atomic E-state index is 0.0240. The van der Waals surface area contributed by atoms with E-state index in [9.17, 15) is 9.59 Å². The van der Waals surface area contributed by atoms with Crippen LogP contribution in [0.25, 0.3) is 0 Å². The quantitative estimate of drug-likeness (QED) is 0.791. The van der Waals surface area contributed by atoms with Crippen LogP contribution in [-0.4, -0.2) is 82.6 Å². The smallest absolute Gasteiger partial charge is 0.237 e. The molecule has 3 heterocycles. The van der Waals surface area contributed by atoms with Gasteiger partial charge < -0.3 is 15.1 Å². The molecule has 1 saturated heterocycles. The van der Waals surface area contributed by atoms with Crippen molar-refractivity contribution in [1.82, 2.24) is 29.8 Å². The number of likely N-dealkylation sites (N-methyl/N-ethyl adjacent to an activating group) is 1.